The summed E-state index contributed by atoms with van der Waals surface area (Å²) < 4.78 is 32.9. The Morgan fingerprint density at radius 2 is 1.68 bits per heavy atom. The molecule has 0 saturated carbocycles. The van der Waals surface area contributed by atoms with E-state index < -0.39 is 17.7 Å². The van der Waals surface area contributed by atoms with Crippen molar-refractivity contribution in [2.24, 2.45) is 0 Å². The number of hydrogen-bond donors (Lipinski definition) is 1. The molecule has 0 unspecified atom stereocenters. The van der Waals surface area contributed by atoms with Crippen molar-refractivity contribution in [3.63, 3.8) is 0 Å². The summed E-state index contributed by atoms with van der Waals surface area (Å²) in [6, 6.07) is 19.5. The first-order chi connectivity index (χ1) is 15.1. The third-order valence-electron chi connectivity index (χ3n) is 5.21. The molecule has 0 atom stereocenters. The fourth-order valence-electron chi connectivity index (χ4n) is 3.75. The molecule has 1 aliphatic rings. The Labute approximate surface area is 178 Å². The van der Waals surface area contributed by atoms with E-state index in [4.69, 9.17) is 10.00 Å². The molecule has 3 aromatic carbocycles. The Kier molecular flexibility index (Phi) is 5.76. The van der Waals surface area contributed by atoms with E-state index in [2.05, 4.69) is 17.4 Å². The number of nitrogens with zero attached hydrogens (tertiary/aromatic N) is 1. The second-order valence-corrected chi connectivity index (χ2v) is 7.07. The molecule has 0 heterocycles. The zero-order valence-electron chi connectivity index (χ0n) is 16.4. The Balaban J connectivity index is 1.34. The molecule has 0 saturated heterocycles. The number of ether oxygens (including phenoxy) is 1. The maximum Gasteiger partial charge on any atom is 0.407 e. The summed E-state index contributed by atoms with van der Waals surface area (Å²) in [5, 5.41) is 11.3. The number of hydrogen-bond acceptors (Lipinski definition) is 3. The molecule has 1 aliphatic carbocycles. The SMILES string of the molecule is N#Cc1cc(F)c(C=CCNC(=O)OCC2c3ccccc3-c3ccccc32)cc1F. The minimum Gasteiger partial charge on any atom is -0.449 e. The van der Waals surface area contributed by atoms with Gasteiger partial charge in [-0.2, -0.15) is 5.26 Å². The fraction of sp³-hybridized carbons (Fsp3) is 0.120. The maximum atomic E-state index is 13.9. The average molecular weight is 416 g/mol. The summed E-state index contributed by atoms with van der Waals surface area (Å²) >= 11 is 0. The summed E-state index contributed by atoms with van der Waals surface area (Å²) in [6.45, 7) is 0.275. The number of nitriles is 1. The molecule has 31 heavy (non-hydrogen) atoms. The van der Waals surface area contributed by atoms with E-state index in [1.807, 2.05) is 36.4 Å². The third-order valence-corrected chi connectivity index (χ3v) is 5.21. The summed E-state index contributed by atoms with van der Waals surface area (Å²) in [6.07, 6.45) is 2.22. The number of carbonyl (C=O) groups is 1. The topological polar surface area (TPSA) is 62.1 Å². The highest BCUT2D eigenvalue weighted by Gasteiger charge is 2.28. The van der Waals surface area contributed by atoms with Gasteiger partial charge >= 0.3 is 6.09 Å². The lowest BCUT2D eigenvalue weighted by molar-refractivity contribution is 0.144. The molecule has 0 aliphatic heterocycles. The average Bonchev–Trinajstić information content (AvgIpc) is 3.11. The van der Waals surface area contributed by atoms with Crippen LogP contribution in [0.25, 0.3) is 17.2 Å². The highest BCUT2D eigenvalue weighted by atomic mass is 19.1. The molecule has 154 valence electrons. The first kappa shape index (κ1) is 20.3. The lowest BCUT2D eigenvalue weighted by atomic mass is 9.98. The van der Waals surface area contributed by atoms with E-state index in [0.29, 0.717) is 0 Å². The van der Waals surface area contributed by atoms with Crippen molar-refractivity contribution in [1.82, 2.24) is 5.32 Å². The second kappa shape index (κ2) is 8.80. The van der Waals surface area contributed by atoms with Gasteiger partial charge in [0.05, 0.1) is 5.56 Å². The van der Waals surface area contributed by atoms with E-state index >= 15 is 0 Å². The largest absolute Gasteiger partial charge is 0.449 e. The van der Waals surface area contributed by atoms with Crippen LogP contribution in [0.15, 0.2) is 66.7 Å². The minimum absolute atomic E-state index is 0.00848. The molecule has 1 N–H and O–H groups in total. The molecule has 0 aromatic heterocycles. The fourth-order valence-corrected chi connectivity index (χ4v) is 3.75. The van der Waals surface area contributed by atoms with E-state index in [-0.39, 0.29) is 30.2 Å². The number of benzene rings is 3. The van der Waals surface area contributed by atoms with Crippen molar-refractivity contribution in [1.29, 1.82) is 5.26 Å². The Hall–Kier alpha value is -3.98. The van der Waals surface area contributed by atoms with Crippen molar-refractivity contribution in [3.8, 4) is 17.2 Å². The van der Waals surface area contributed by atoms with Crippen molar-refractivity contribution in [2.75, 3.05) is 13.2 Å². The molecular formula is C25H18F2N2O2. The molecule has 0 spiro atoms. The smallest absolute Gasteiger partial charge is 0.407 e. The quantitative estimate of drug-likeness (QED) is 0.607. The Bertz CT molecular complexity index is 1170. The summed E-state index contributed by atoms with van der Waals surface area (Å²) in [5.74, 6) is -1.55. The Morgan fingerprint density at radius 1 is 1.03 bits per heavy atom. The summed E-state index contributed by atoms with van der Waals surface area (Å²) in [7, 11) is 0. The molecule has 0 fully saturated rings. The monoisotopic (exact) mass is 416 g/mol. The van der Waals surface area contributed by atoms with Gasteiger partial charge in [-0.05, 0) is 34.4 Å². The number of nitrogens with one attached hydrogen (secondary N) is 1. The lowest BCUT2D eigenvalue weighted by Gasteiger charge is -2.14. The van der Waals surface area contributed by atoms with Crippen LogP contribution in [0.1, 0.15) is 28.2 Å². The van der Waals surface area contributed by atoms with Crippen LogP contribution in [0.5, 0.6) is 0 Å². The number of fused-ring (bicyclic) bond motifs is 3. The highest BCUT2D eigenvalue weighted by Crippen LogP contribution is 2.44. The Morgan fingerprint density at radius 3 is 2.32 bits per heavy atom. The van der Waals surface area contributed by atoms with Crippen LogP contribution in [0, 0.1) is 23.0 Å². The molecule has 3 aromatic rings. The zero-order valence-corrected chi connectivity index (χ0v) is 16.4. The zero-order chi connectivity index (χ0) is 21.8. The summed E-state index contributed by atoms with van der Waals surface area (Å²) in [5.41, 5.74) is 4.17. The van der Waals surface area contributed by atoms with Crippen molar-refractivity contribution < 1.29 is 18.3 Å². The number of amides is 1. The standard InChI is InChI=1S/C25H18F2N2O2/c26-23-13-17(14-28)24(27)12-16(23)6-5-11-29-25(30)31-15-22-20-9-3-1-7-18(20)19-8-2-4-10-21(19)22/h1-10,12-13,22H,11,15H2,(H,29,30). The van der Waals surface area contributed by atoms with Crippen LogP contribution < -0.4 is 5.32 Å². The number of alkyl carbamates (subject to hydrolysis) is 1. The van der Waals surface area contributed by atoms with Crippen LogP contribution in [0.4, 0.5) is 13.6 Å². The van der Waals surface area contributed by atoms with E-state index in [1.165, 1.54) is 12.2 Å². The summed E-state index contributed by atoms with van der Waals surface area (Å²) in [4.78, 5) is 12.1. The predicted octanol–water partition coefficient (Wildman–Crippen LogP) is 5.39. The molecular weight excluding hydrogens is 398 g/mol. The molecule has 4 nitrogen and oxygen atoms in total. The van der Waals surface area contributed by atoms with Gasteiger partial charge in [0.1, 0.15) is 24.3 Å². The first-order valence-electron chi connectivity index (χ1n) is 9.73. The van der Waals surface area contributed by atoms with Crippen LogP contribution >= 0.6 is 0 Å². The van der Waals surface area contributed by atoms with Crippen LogP contribution in [0.3, 0.4) is 0 Å². The van der Waals surface area contributed by atoms with E-state index in [9.17, 15) is 13.6 Å². The number of carbonyl (C=O) groups excluding carboxylic acids is 1. The van der Waals surface area contributed by atoms with Crippen LogP contribution in [-0.4, -0.2) is 19.2 Å². The van der Waals surface area contributed by atoms with E-state index in [0.717, 1.165) is 34.4 Å². The van der Waals surface area contributed by atoms with Crippen molar-refractivity contribution in [2.45, 2.75) is 5.92 Å². The maximum absolute atomic E-state index is 13.9. The van der Waals surface area contributed by atoms with Gasteiger partial charge in [0.15, 0.2) is 0 Å². The number of halogens is 2. The predicted molar refractivity (Wildman–Crippen MR) is 113 cm³/mol. The van der Waals surface area contributed by atoms with Gasteiger partial charge in [0.25, 0.3) is 0 Å². The number of rotatable bonds is 5. The van der Waals surface area contributed by atoms with Gasteiger partial charge in [-0.25, -0.2) is 13.6 Å². The molecule has 0 bridgehead atoms. The molecule has 0 radical (unpaired) electrons. The van der Waals surface area contributed by atoms with Crippen molar-refractivity contribution in [3.05, 3.63) is 101 Å². The minimum atomic E-state index is -0.798. The van der Waals surface area contributed by atoms with Crippen LogP contribution in [0.2, 0.25) is 0 Å². The molecule has 1 amide bonds. The lowest BCUT2D eigenvalue weighted by Crippen LogP contribution is -2.26. The third kappa shape index (κ3) is 4.17. The van der Waals surface area contributed by atoms with Gasteiger partial charge in [0.2, 0.25) is 0 Å². The van der Waals surface area contributed by atoms with Gasteiger partial charge in [-0.3, -0.25) is 0 Å². The highest BCUT2D eigenvalue weighted by molar-refractivity contribution is 5.79. The first-order valence-corrected chi connectivity index (χ1v) is 9.73. The second-order valence-electron chi connectivity index (χ2n) is 7.07. The van der Waals surface area contributed by atoms with Crippen molar-refractivity contribution >= 4 is 12.2 Å². The van der Waals surface area contributed by atoms with Gasteiger partial charge in [-0.1, -0.05) is 60.7 Å². The normalized spacial score (nSPS) is 12.3. The molecule has 6 heteroatoms. The van der Waals surface area contributed by atoms with Gasteiger partial charge in [-0.15, -0.1) is 0 Å². The van der Waals surface area contributed by atoms with Crippen LogP contribution in [-0.2, 0) is 4.74 Å². The van der Waals surface area contributed by atoms with Gasteiger partial charge < -0.3 is 10.1 Å². The van der Waals surface area contributed by atoms with E-state index in [1.54, 1.807) is 6.07 Å². The molecule has 4 rings (SSSR count). The van der Waals surface area contributed by atoms with Gasteiger partial charge in [0, 0.05) is 18.0 Å².